The number of carbonyl (C=O) groups is 1. The normalized spacial score (nSPS) is 20.0. The summed E-state index contributed by atoms with van der Waals surface area (Å²) in [6, 6.07) is 8.30. The SMILES string of the molecule is CC1CCc2c(sc(NC(=O)C3CCC3)c2-c2nc3ccccc3s2)C1. The molecule has 5 heteroatoms. The minimum absolute atomic E-state index is 0.199. The van der Waals surface area contributed by atoms with Gasteiger partial charge in [0.2, 0.25) is 5.91 Å². The van der Waals surface area contributed by atoms with E-state index >= 15 is 0 Å². The van der Waals surface area contributed by atoms with Crippen LogP contribution < -0.4 is 5.32 Å². The van der Waals surface area contributed by atoms with Crippen molar-refractivity contribution in [1.82, 2.24) is 4.98 Å². The lowest BCUT2D eigenvalue weighted by atomic mass is 9.85. The van der Waals surface area contributed by atoms with Crippen molar-refractivity contribution in [3.63, 3.8) is 0 Å². The molecular weight excluding hydrogens is 360 g/mol. The summed E-state index contributed by atoms with van der Waals surface area (Å²) < 4.78 is 1.21. The van der Waals surface area contributed by atoms with E-state index in [4.69, 9.17) is 4.98 Å². The van der Waals surface area contributed by atoms with Crippen LogP contribution in [0.1, 0.15) is 43.0 Å². The first-order valence-corrected chi connectivity index (χ1v) is 11.1. The lowest BCUT2D eigenvalue weighted by molar-refractivity contribution is -0.122. The number of thiazole rings is 1. The summed E-state index contributed by atoms with van der Waals surface area (Å²) in [4.78, 5) is 19.0. The molecule has 3 aromatic rings. The number of rotatable bonds is 3. The Balaban J connectivity index is 1.60. The van der Waals surface area contributed by atoms with Crippen LogP contribution in [0.25, 0.3) is 20.8 Å². The zero-order chi connectivity index (χ0) is 17.7. The van der Waals surface area contributed by atoms with E-state index in [-0.39, 0.29) is 11.8 Å². The van der Waals surface area contributed by atoms with Gasteiger partial charge in [0, 0.05) is 16.4 Å². The van der Waals surface area contributed by atoms with Crippen LogP contribution in [0, 0.1) is 11.8 Å². The summed E-state index contributed by atoms with van der Waals surface area (Å²) in [5.41, 5.74) is 3.68. The highest BCUT2D eigenvalue weighted by Crippen LogP contribution is 2.47. The third-order valence-electron chi connectivity index (χ3n) is 5.73. The maximum absolute atomic E-state index is 12.6. The van der Waals surface area contributed by atoms with Crippen molar-refractivity contribution in [3.05, 3.63) is 34.7 Å². The summed E-state index contributed by atoms with van der Waals surface area (Å²) >= 11 is 3.53. The minimum atomic E-state index is 0.199. The number of anilines is 1. The second-order valence-electron chi connectivity index (χ2n) is 7.66. The molecule has 1 atom stereocenters. The van der Waals surface area contributed by atoms with Gasteiger partial charge in [-0.1, -0.05) is 25.5 Å². The van der Waals surface area contributed by atoms with Crippen molar-refractivity contribution in [2.24, 2.45) is 11.8 Å². The zero-order valence-electron chi connectivity index (χ0n) is 14.9. The highest BCUT2D eigenvalue weighted by Gasteiger charge is 2.30. The topological polar surface area (TPSA) is 42.0 Å². The number of thiophene rings is 1. The Hall–Kier alpha value is -1.72. The number of nitrogens with zero attached hydrogens (tertiary/aromatic N) is 1. The van der Waals surface area contributed by atoms with Crippen LogP contribution in [-0.4, -0.2) is 10.9 Å². The van der Waals surface area contributed by atoms with Crippen LogP contribution in [0.15, 0.2) is 24.3 Å². The molecule has 3 nitrogen and oxygen atoms in total. The average molecular weight is 383 g/mol. The number of carbonyl (C=O) groups excluding carboxylic acids is 1. The molecule has 1 N–H and O–H groups in total. The van der Waals surface area contributed by atoms with Gasteiger partial charge in [-0.2, -0.15) is 0 Å². The largest absolute Gasteiger partial charge is 0.317 e. The van der Waals surface area contributed by atoms with Crippen molar-refractivity contribution >= 4 is 43.8 Å². The average Bonchev–Trinajstić information content (AvgIpc) is 3.12. The molecule has 2 aliphatic carbocycles. The Morgan fingerprint density at radius 3 is 2.81 bits per heavy atom. The predicted molar refractivity (Wildman–Crippen MR) is 110 cm³/mol. The monoisotopic (exact) mass is 382 g/mol. The molecule has 26 heavy (non-hydrogen) atoms. The maximum atomic E-state index is 12.6. The number of hydrogen-bond donors (Lipinski definition) is 1. The fourth-order valence-electron chi connectivity index (χ4n) is 3.93. The van der Waals surface area contributed by atoms with E-state index in [0.29, 0.717) is 0 Å². The molecular formula is C21H22N2OS2. The molecule has 5 rings (SSSR count). The van der Waals surface area contributed by atoms with E-state index in [1.54, 1.807) is 22.7 Å². The number of amides is 1. The summed E-state index contributed by atoms with van der Waals surface area (Å²) in [7, 11) is 0. The molecule has 1 fully saturated rings. The van der Waals surface area contributed by atoms with Crippen LogP contribution in [0.3, 0.4) is 0 Å². The smallest absolute Gasteiger partial charge is 0.228 e. The fraction of sp³-hybridized carbons (Fsp3) is 0.429. The Morgan fingerprint density at radius 2 is 2.04 bits per heavy atom. The van der Waals surface area contributed by atoms with Gasteiger partial charge in [0.25, 0.3) is 0 Å². The molecule has 2 aliphatic rings. The van der Waals surface area contributed by atoms with E-state index in [0.717, 1.165) is 47.1 Å². The van der Waals surface area contributed by atoms with Gasteiger partial charge < -0.3 is 5.32 Å². The molecule has 0 saturated heterocycles. The van der Waals surface area contributed by atoms with Gasteiger partial charge in [0.1, 0.15) is 10.0 Å². The van der Waals surface area contributed by atoms with E-state index in [9.17, 15) is 4.79 Å². The minimum Gasteiger partial charge on any atom is -0.317 e. The standard InChI is InChI=1S/C21H22N2OS2/c1-12-9-10-14-17(11-12)26-21(23-19(24)13-5-4-6-13)18(14)20-22-15-7-2-3-8-16(15)25-20/h2-3,7-8,12-13H,4-6,9-11H2,1H3,(H,23,24). The molecule has 134 valence electrons. The van der Waals surface area contributed by atoms with Crippen molar-refractivity contribution in [1.29, 1.82) is 0 Å². The molecule has 0 radical (unpaired) electrons. The van der Waals surface area contributed by atoms with E-state index in [2.05, 4.69) is 30.4 Å². The van der Waals surface area contributed by atoms with Crippen molar-refractivity contribution in [2.75, 3.05) is 5.32 Å². The second-order valence-corrected chi connectivity index (χ2v) is 9.80. The van der Waals surface area contributed by atoms with E-state index in [1.807, 2.05) is 6.07 Å². The van der Waals surface area contributed by atoms with E-state index < -0.39 is 0 Å². The van der Waals surface area contributed by atoms with Crippen molar-refractivity contribution in [2.45, 2.75) is 45.4 Å². The lowest BCUT2D eigenvalue weighted by Crippen LogP contribution is -2.27. The first kappa shape index (κ1) is 16.5. The van der Waals surface area contributed by atoms with Crippen LogP contribution in [-0.2, 0) is 17.6 Å². The highest BCUT2D eigenvalue weighted by molar-refractivity contribution is 7.22. The summed E-state index contributed by atoms with van der Waals surface area (Å²) in [5.74, 6) is 1.13. The van der Waals surface area contributed by atoms with Crippen LogP contribution in [0.4, 0.5) is 5.00 Å². The second kappa shape index (κ2) is 6.46. The van der Waals surface area contributed by atoms with Crippen LogP contribution in [0.5, 0.6) is 0 Å². The maximum Gasteiger partial charge on any atom is 0.228 e. The zero-order valence-corrected chi connectivity index (χ0v) is 16.5. The van der Waals surface area contributed by atoms with Crippen LogP contribution >= 0.6 is 22.7 Å². The molecule has 0 bridgehead atoms. The number of fused-ring (bicyclic) bond motifs is 2. The fourth-order valence-corrected chi connectivity index (χ4v) is 6.45. The molecule has 1 saturated carbocycles. The molecule has 0 aliphatic heterocycles. The van der Waals surface area contributed by atoms with Gasteiger partial charge in [0.05, 0.1) is 10.2 Å². The Bertz CT molecular complexity index is 950. The highest BCUT2D eigenvalue weighted by atomic mass is 32.1. The molecule has 2 heterocycles. The number of hydrogen-bond acceptors (Lipinski definition) is 4. The van der Waals surface area contributed by atoms with Gasteiger partial charge in [-0.3, -0.25) is 4.79 Å². The van der Waals surface area contributed by atoms with Gasteiger partial charge in [-0.25, -0.2) is 4.98 Å². The van der Waals surface area contributed by atoms with Crippen molar-refractivity contribution < 1.29 is 4.79 Å². The number of para-hydroxylation sites is 1. The summed E-state index contributed by atoms with van der Waals surface area (Å²) in [6.07, 6.45) is 6.68. The van der Waals surface area contributed by atoms with Crippen LogP contribution in [0.2, 0.25) is 0 Å². The van der Waals surface area contributed by atoms with E-state index in [1.165, 1.54) is 33.5 Å². The summed E-state index contributed by atoms with van der Waals surface area (Å²) in [6.45, 7) is 2.33. The predicted octanol–water partition coefficient (Wildman–Crippen LogP) is 5.89. The first-order chi connectivity index (χ1) is 12.7. The van der Waals surface area contributed by atoms with Crippen molar-refractivity contribution in [3.8, 4) is 10.6 Å². The number of aromatic nitrogens is 1. The Kier molecular flexibility index (Phi) is 4.09. The molecule has 2 aromatic heterocycles. The number of benzene rings is 1. The summed E-state index contributed by atoms with van der Waals surface area (Å²) in [5, 5.41) is 5.36. The van der Waals surface area contributed by atoms with Gasteiger partial charge in [-0.05, 0) is 55.7 Å². The first-order valence-electron chi connectivity index (χ1n) is 9.50. The Morgan fingerprint density at radius 1 is 1.19 bits per heavy atom. The molecule has 1 amide bonds. The molecule has 0 spiro atoms. The number of nitrogens with one attached hydrogen (secondary N) is 1. The Labute approximate surface area is 161 Å². The van der Waals surface area contributed by atoms with Gasteiger partial charge >= 0.3 is 0 Å². The van der Waals surface area contributed by atoms with Gasteiger partial charge in [-0.15, -0.1) is 22.7 Å². The molecule has 1 aromatic carbocycles. The molecule has 1 unspecified atom stereocenters. The van der Waals surface area contributed by atoms with Gasteiger partial charge in [0.15, 0.2) is 0 Å². The third kappa shape index (κ3) is 2.78. The quantitative estimate of drug-likeness (QED) is 0.614. The third-order valence-corrected chi connectivity index (χ3v) is 7.96. The lowest BCUT2D eigenvalue weighted by Gasteiger charge is -2.23.